The summed E-state index contributed by atoms with van der Waals surface area (Å²) in [5.74, 6) is 0.470. The Bertz CT molecular complexity index is 1350. The van der Waals surface area contributed by atoms with E-state index in [0.29, 0.717) is 18.0 Å². The van der Waals surface area contributed by atoms with Crippen LogP contribution in [0.3, 0.4) is 0 Å². The highest BCUT2D eigenvalue weighted by Gasteiger charge is 2.16. The molecule has 0 aliphatic carbocycles. The molecule has 5 rings (SSSR count). The van der Waals surface area contributed by atoms with Gasteiger partial charge < -0.3 is 10.2 Å². The zero-order chi connectivity index (χ0) is 23.5. The number of hydrogen-bond donors (Lipinski definition) is 2. The summed E-state index contributed by atoms with van der Waals surface area (Å²) in [6.45, 7) is 7.72. The molecule has 1 fully saturated rings. The molecule has 0 amide bonds. The van der Waals surface area contributed by atoms with Gasteiger partial charge in [0.1, 0.15) is 0 Å². The second kappa shape index (κ2) is 9.47. The lowest BCUT2D eigenvalue weighted by molar-refractivity contribution is -0.114. The number of aryl methyl sites for hydroxylation is 1. The number of aromatic amines is 1. The Kier molecular flexibility index (Phi) is 6.08. The first kappa shape index (κ1) is 21.8. The van der Waals surface area contributed by atoms with E-state index in [2.05, 4.69) is 50.2 Å². The number of fused-ring (bicyclic) bond motifs is 1. The molecule has 3 heterocycles. The van der Waals surface area contributed by atoms with Gasteiger partial charge >= 0.3 is 0 Å². The molecule has 1 aliphatic rings. The molecule has 1 saturated heterocycles. The lowest BCUT2D eigenvalue weighted by atomic mass is 10.0. The third-order valence-electron chi connectivity index (χ3n) is 6.22. The van der Waals surface area contributed by atoms with E-state index in [1.807, 2.05) is 37.3 Å². The van der Waals surface area contributed by atoms with Gasteiger partial charge in [-0.15, -0.1) is 0 Å². The van der Waals surface area contributed by atoms with E-state index in [1.165, 1.54) is 31.0 Å². The van der Waals surface area contributed by atoms with Gasteiger partial charge in [-0.25, -0.2) is 4.98 Å². The number of aromatic nitrogens is 4. The summed E-state index contributed by atoms with van der Waals surface area (Å²) in [5.41, 5.74) is 6.25. The van der Waals surface area contributed by atoms with E-state index >= 15 is 0 Å². The number of nitrogens with zero attached hydrogens (tertiary/aromatic N) is 4. The molecule has 1 aliphatic heterocycles. The van der Waals surface area contributed by atoms with Crippen molar-refractivity contribution in [1.82, 2.24) is 20.2 Å². The zero-order valence-electron chi connectivity index (χ0n) is 19.3. The lowest BCUT2D eigenvalue weighted by Gasteiger charge is -2.29. The number of piperidine rings is 1. The first-order chi connectivity index (χ1) is 16.6. The van der Waals surface area contributed by atoms with Crippen molar-refractivity contribution >= 4 is 34.1 Å². The first-order valence-electron chi connectivity index (χ1n) is 11.7. The summed E-state index contributed by atoms with van der Waals surface area (Å²) < 4.78 is 0. The fourth-order valence-electron chi connectivity index (χ4n) is 4.50. The van der Waals surface area contributed by atoms with Crippen LogP contribution in [-0.2, 0) is 11.2 Å². The number of anilines is 3. The van der Waals surface area contributed by atoms with Gasteiger partial charge in [-0.1, -0.05) is 30.8 Å². The molecular formula is C27H28N6O. The minimum Gasteiger partial charge on any atom is -0.371 e. The van der Waals surface area contributed by atoms with Crippen LogP contribution in [0.15, 0.2) is 61.2 Å². The Labute approximate surface area is 198 Å². The van der Waals surface area contributed by atoms with E-state index < -0.39 is 0 Å². The van der Waals surface area contributed by atoms with Gasteiger partial charge in [0.05, 0.1) is 11.1 Å². The Hall–Kier alpha value is -4.00. The third kappa shape index (κ3) is 4.55. The predicted molar refractivity (Wildman–Crippen MR) is 137 cm³/mol. The molecule has 34 heavy (non-hydrogen) atoms. The molecule has 2 aromatic carbocycles. The van der Waals surface area contributed by atoms with Crippen LogP contribution in [0, 0.1) is 6.92 Å². The number of H-pyrrole nitrogens is 1. The van der Waals surface area contributed by atoms with E-state index in [1.54, 1.807) is 0 Å². The van der Waals surface area contributed by atoms with Crippen LogP contribution < -0.4 is 10.2 Å². The number of carbonyl (C=O) groups excluding carboxylic acids is 1. The molecular weight excluding hydrogens is 424 g/mol. The number of allylic oxidation sites excluding steroid dienone is 1. The molecule has 0 spiro atoms. The summed E-state index contributed by atoms with van der Waals surface area (Å²) >= 11 is 0. The number of nitrogens with one attached hydrogen (secondary N) is 2. The van der Waals surface area contributed by atoms with Crippen molar-refractivity contribution in [2.45, 2.75) is 32.6 Å². The topological polar surface area (TPSA) is 86.8 Å². The molecule has 0 atom stereocenters. The average Bonchev–Trinajstić information content (AvgIpc) is 3.25. The smallest absolute Gasteiger partial charge is 0.229 e. The number of ketones is 1. The van der Waals surface area contributed by atoms with E-state index in [4.69, 9.17) is 4.98 Å². The largest absolute Gasteiger partial charge is 0.371 e. The van der Waals surface area contributed by atoms with Gasteiger partial charge in [0.25, 0.3) is 0 Å². The quantitative estimate of drug-likeness (QED) is 0.367. The van der Waals surface area contributed by atoms with Gasteiger partial charge in [-0.3, -0.25) is 9.89 Å². The maximum atomic E-state index is 11.9. The summed E-state index contributed by atoms with van der Waals surface area (Å²) in [6, 6.07) is 16.3. The van der Waals surface area contributed by atoms with Gasteiger partial charge in [0, 0.05) is 42.1 Å². The summed E-state index contributed by atoms with van der Waals surface area (Å²) in [4.78, 5) is 23.8. The Balaban J connectivity index is 1.50. The number of benzene rings is 2. The molecule has 0 unspecified atom stereocenters. The predicted octanol–water partition coefficient (Wildman–Crippen LogP) is 5.36. The average molecular weight is 453 g/mol. The van der Waals surface area contributed by atoms with E-state index in [9.17, 15) is 4.79 Å². The van der Waals surface area contributed by atoms with Crippen LogP contribution in [-0.4, -0.2) is 39.0 Å². The Morgan fingerprint density at radius 2 is 1.94 bits per heavy atom. The van der Waals surface area contributed by atoms with Crippen LogP contribution >= 0.6 is 0 Å². The second-order valence-electron chi connectivity index (χ2n) is 8.71. The molecule has 2 aromatic heterocycles. The SMILES string of the molecule is C=CC(=O)Cc1cccc(-c2nc(Nc3cccc(N4CCCCC4)c3)nc3n[nH]c(C)c23)c1. The third-order valence-corrected chi connectivity index (χ3v) is 6.22. The molecule has 2 N–H and O–H groups in total. The number of carbonyl (C=O) groups is 1. The van der Waals surface area contributed by atoms with Gasteiger partial charge in [-0.05, 0) is 62.1 Å². The lowest BCUT2D eigenvalue weighted by Crippen LogP contribution is -2.29. The van der Waals surface area contributed by atoms with E-state index in [0.717, 1.165) is 46.7 Å². The fraction of sp³-hybridized carbons (Fsp3) is 0.259. The monoisotopic (exact) mass is 452 g/mol. The fourth-order valence-corrected chi connectivity index (χ4v) is 4.50. The van der Waals surface area contributed by atoms with Crippen molar-refractivity contribution in [2.24, 2.45) is 0 Å². The van der Waals surface area contributed by atoms with Crippen molar-refractivity contribution in [2.75, 3.05) is 23.3 Å². The Morgan fingerprint density at radius 1 is 1.12 bits per heavy atom. The minimum absolute atomic E-state index is 0.0135. The van der Waals surface area contributed by atoms with E-state index in [-0.39, 0.29) is 5.78 Å². The van der Waals surface area contributed by atoms with Crippen LogP contribution in [0.25, 0.3) is 22.3 Å². The maximum Gasteiger partial charge on any atom is 0.229 e. The molecule has 4 aromatic rings. The van der Waals surface area contributed by atoms with Gasteiger partial charge in [-0.2, -0.15) is 10.1 Å². The van der Waals surface area contributed by atoms with Gasteiger partial charge in [0.15, 0.2) is 11.4 Å². The highest BCUT2D eigenvalue weighted by molar-refractivity contribution is 5.94. The number of rotatable bonds is 7. The first-order valence-corrected chi connectivity index (χ1v) is 11.7. The summed E-state index contributed by atoms with van der Waals surface area (Å²) in [5, 5.41) is 11.7. The molecule has 7 heteroatoms. The summed E-state index contributed by atoms with van der Waals surface area (Å²) in [7, 11) is 0. The van der Waals surface area contributed by atoms with Crippen molar-refractivity contribution < 1.29 is 4.79 Å². The minimum atomic E-state index is -0.0135. The van der Waals surface area contributed by atoms with Crippen molar-refractivity contribution in [1.29, 1.82) is 0 Å². The van der Waals surface area contributed by atoms with Crippen LogP contribution in [0.2, 0.25) is 0 Å². The number of hydrogen-bond acceptors (Lipinski definition) is 6. The molecule has 0 bridgehead atoms. The highest BCUT2D eigenvalue weighted by atomic mass is 16.1. The maximum absolute atomic E-state index is 11.9. The summed E-state index contributed by atoms with van der Waals surface area (Å²) in [6.07, 6.45) is 5.44. The zero-order valence-corrected chi connectivity index (χ0v) is 19.3. The van der Waals surface area contributed by atoms with Crippen molar-refractivity contribution in [3.05, 3.63) is 72.4 Å². The molecule has 0 radical (unpaired) electrons. The normalized spacial score (nSPS) is 13.7. The second-order valence-corrected chi connectivity index (χ2v) is 8.71. The van der Waals surface area contributed by atoms with Crippen LogP contribution in [0.4, 0.5) is 17.3 Å². The van der Waals surface area contributed by atoms with Crippen LogP contribution in [0.5, 0.6) is 0 Å². The molecule has 172 valence electrons. The van der Waals surface area contributed by atoms with Crippen molar-refractivity contribution in [3.63, 3.8) is 0 Å². The molecule has 0 saturated carbocycles. The van der Waals surface area contributed by atoms with Crippen LogP contribution in [0.1, 0.15) is 30.5 Å². The van der Waals surface area contributed by atoms with Crippen molar-refractivity contribution in [3.8, 4) is 11.3 Å². The highest BCUT2D eigenvalue weighted by Crippen LogP contribution is 2.31. The molecule has 7 nitrogen and oxygen atoms in total. The Morgan fingerprint density at radius 3 is 2.76 bits per heavy atom. The van der Waals surface area contributed by atoms with Gasteiger partial charge in [0.2, 0.25) is 5.95 Å². The standard InChI is InChI=1S/C27H28N6O/c1-3-23(34)16-19-9-7-10-20(15-19)25-24-18(2)31-32-26(24)30-27(29-25)28-21-11-8-12-22(17-21)33-13-5-4-6-14-33/h3,7-12,15,17H,1,4-6,13-14,16H2,2H3,(H2,28,29,30,31,32).